The third-order valence-corrected chi connectivity index (χ3v) is 16.3. The molecule has 3 aliphatic rings. The number of ether oxygens (including phenoxy) is 6. The van der Waals surface area contributed by atoms with Crippen LogP contribution in [-0.4, -0.2) is 193 Å². The Morgan fingerprint density at radius 3 is 1.23 bits per heavy atom. The van der Waals surface area contributed by atoms with Crippen LogP contribution in [0.25, 0.3) is 0 Å². The van der Waals surface area contributed by atoms with E-state index < -0.39 is 124 Å². The van der Waals surface area contributed by atoms with Crippen LogP contribution in [-0.2, 0) is 33.2 Å². The summed E-state index contributed by atoms with van der Waals surface area (Å²) in [5.74, 6) is -0.282. The first kappa shape index (κ1) is 73.5. The highest BCUT2D eigenvalue weighted by atomic mass is 16.8. The van der Waals surface area contributed by atoms with Gasteiger partial charge in [0.05, 0.1) is 38.6 Å². The van der Waals surface area contributed by atoms with Crippen molar-refractivity contribution in [2.75, 3.05) is 26.4 Å². The van der Waals surface area contributed by atoms with Gasteiger partial charge < -0.3 is 89.9 Å². The molecule has 19 heteroatoms. The van der Waals surface area contributed by atoms with Crippen LogP contribution in [0.4, 0.5) is 0 Å². The van der Waals surface area contributed by atoms with E-state index in [4.69, 9.17) is 28.4 Å². The second-order valence-electron chi connectivity index (χ2n) is 23.2. The molecule has 3 heterocycles. The fourth-order valence-electron chi connectivity index (χ4n) is 11.0. The molecule has 12 N–H and O–H groups in total. The number of carbonyl (C=O) groups is 1. The van der Waals surface area contributed by atoms with Crippen molar-refractivity contribution in [3.63, 3.8) is 0 Å². The maximum atomic E-state index is 13.3. The molecule has 0 bridgehead atoms. The number of hydrogen-bond acceptors (Lipinski definition) is 18. The van der Waals surface area contributed by atoms with E-state index in [0.717, 1.165) is 38.5 Å². The minimum absolute atomic E-state index is 0.240. The smallest absolute Gasteiger partial charge is 0.220 e. The largest absolute Gasteiger partial charge is 0.394 e. The Morgan fingerprint density at radius 2 is 0.790 bits per heavy atom. The van der Waals surface area contributed by atoms with Crippen LogP contribution in [0, 0.1) is 0 Å². The summed E-state index contributed by atoms with van der Waals surface area (Å²) in [5, 5.41) is 120. The molecule has 0 aliphatic carbocycles. The van der Waals surface area contributed by atoms with E-state index in [2.05, 4.69) is 31.3 Å². The van der Waals surface area contributed by atoms with Crippen molar-refractivity contribution in [1.82, 2.24) is 5.32 Å². The van der Waals surface area contributed by atoms with Gasteiger partial charge in [-0.15, -0.1) is 0 Å². The maximum Gasteiger partial charge on any atom is 0.220 e. The molecule has 3 saturated heterocycles. The number of unbranched alkanes of at least 4 members (excludes halogenated alkanes) is 30. The second kappa shape index (κ2) is 45.6. The van der Waals surface area contributed by atoms with Crippen LogP contribution < -0.4 is 5.32 Å². The first-order valence-corrected chi connectivity index (χ1v) is 32.1. The van der Waals surface area contributed by atoms with Crippen molar-refractivity contribution in [2.45, 2.75) is 336 Å². The molecule has 0 radical (unpaired) electrons. The van der Waals surface area contributed by atoms with Gasteiger partial charge in [-0.05, 0) is 32.1 Å². The van der Waals surface area contributed by atoms with Gasteiger partial charge in [-0.3, -0.25) is 4.79 Å². The van der Waals surface area contributed by atoms with Gasteiger partial charge in [0.1, 0.15) is 73.2 Å². The molecule has 3 fully saturated rings. The van der Waals surface area contributed by atoms with Crippen molar-refractivity contribution in [1.29, 1.82) is 0 Å². The monoisotopic (exact) mass is 1160 g/mol. The van der Waals surface area contributed by atoms with Crippen LogP contribution in [0.3, 0.4) is 0 Å². The maximum absolute atomic E-state index is 13.3. The Hall–Kier alpha value is -1.73. The Kier molecular flexibility index (Phi) is 41.4. The lowest BCUT2D eigenvalue weighted by atomic mass is 9.96. The summed E-state index contributed by atoms with van der Waals surface area (Å²) < 4.78 is 34.3. The van der Waals surface area contributed by atoms with Crippen molar-refractivity contribution in [3.8, 4) is 0 Å². The van der Waals surface area contributed by atoms with Crippen molar-refractivity contribution in [3.05, 3.63) is 24.3 Å². The number of aliphatic hydroxyl groups is 11. The highest BCUT2D eigenvalue weighted by Gasteiger charge is 2.53. The van der Waals surface area contributed by atoms with E-state index in [0.29, 0.717) is 12.8 Å². The molecule has 0 aromatic rings. The SMILES string of the molecule is CCCCCCCCCCCCCCC/C=C/CC/C=C/C(O)C(COC1OC(CO)C(OC2OC(CO)C(OC3OC(CO)C(O)C(O)C3O)C(O)C2O)C(O)C1O)NC(=O)CCCCCCCCCCCCCCCCCCC. The van der Waals surface area contributed by atoms with Gasteiger partial charge in [-0.2, -0.15) is 0 Å². The summed E-state index contributed by atoms with van der Waals surface area (Å²) in [6, 6.07) is -0.985. The van der Waals surface area contributed by atoms with E-state index in [1.807, 2.05) is 6.08 Å². The van der Waals surface area contributed by atoms with Crippen LogP contribution in [0.15, 0.2) is 24.3 Å². The van der Waals surface area contributed by atoms with E-state index in [1.165, 1.54) is 161 Å². The molecule has 0 saturated carbocycles. The van der Waals surface area contributed by atoms with Gasteiger partial charge >= 0.3 is 0 Å². The molecular weight excluding hydrogens is 1050 g/mol. The van der Waals surface area contributed by atoms with E-state index in [-0.39, 0.29) is 18.9 Å². The van der Waals surface area contributed by atoms with Crippen molar-refractivity contribution < 1.29 is 89.4 Å². The summed E-state index contributed by atoms with van der Waals surface area (Å²) >= 11 is 0. The molecular formula is C62H115NO18. The van der Waals surface area contributed by atoms with Crippen LogP contribution in [0.5, 0.6) is 0 Å². The van der Waals surface area contributed by atoms with Gasteiger partial charge in [0.15, 0.2) is 18.9 Å². The molecule has 0 spiro atoms. The number of aliphatic hydroxyl groups excluding tert-OH is 11. The summed E-state index contributed by atoms with van der Waals surface area (Å²) in [6.07, 6.45) is 21.5. The topological polar surface area (TPSA) is 307 Å². The Morgan fingerprint density at radius 1 is 0.432 bits per heavy atom. The third kappa shape index (κ3) is 29.0. The minimum atomic E-state index is -1.98. The van der Waals surface area contributed by atoms with Gasteiger partial charge in [0.2, 0.25) is 5.91 Å². The molecule has 19 nitrogen and oxygen atoms in total. The lowest BCUT2D eigenvalue weighted by Crippen LogP contribution is -2.66. The summed E-state index contributed by atoms with van der Waals surface area (Å²) in [7, 11) is 0. The predicted molar refractivity (Wildman–Crippen MR) is 310 cm³/mol. The fraction of sp³-hybridized carbons (Fsp3) is 0.919. The van der Waals surface area contributed by atoms with Gasteiger partial charge in [-0.25, -0.2) is 0 Å². The molecule has 3 rings (SSSR count). The zero-order chi connectivity index (χ0) is 59.0. The standard InChI is InChI=1S/C62H115NO18/c1-3-5-7-9-11-13-15-17-19-21-22-24-25-27-29-31-33-35-37-39-46(67)45(63-50(68)40-38-36-34-32-30-28-26-23-20-18-16-14-12-10-8-6-4-2)44-76-60-56(74)53(71)58(48(42-65)78-60)81-62-57(75)54(72)59(49(43-66)79-62)80-61-55(73)52(70)51(69)47(41-64)77-61/h29,31,37,39,45-49,51-62,64-67,69-75H,3-28,30,32-36,38,40-44H2,1-2H3,(H,63,68)/b31-29+,39-37+. The van der Waals surface area contributed by atoms with Crippen molar-refractivity contribution in [2.24, 2.45) is 0 Å². The van der Waals surface area contributed by atoms with Crippen LogP contribution >= 0.6 is 0 Å². The molecule has 0 aromatic carbocycles. The normalized spacial score (nSPS) is 29.9. The van der Waals surface area contributed by atoms with E-state index >= 15 is 0 Å². The second-order valence-corrected chi connectivity index (χ2v) is 23.2. The van der Waals surface area contributed by atoms with E-state index in [1.54, 1.807) is 6.08 Å². The average Bonchev–Trinajstić information content (AvgIpc) is 3.46. The summed E-state index contributed by atoms with van der Waals surface area (Å²) in [6.45, 7) is 1.73. The molecule has 17 atom stereocenters. The predicted octanol–water partition coefficient (Wildman–Crippen LogP) is 6.71. The van der Waals surface area contributed by atoms with Gasteiger partial charge in [0.25, 0.3) is 0 Å². The number of hydrogen-bond donors (Lipinski definition) is 12. The lowest BCUT2D eigenvalue weighted by molar-refractivity contribution is -0.379. The van der Waals surface area contributed by atoms with Crippen LogP contribution in [0.2, 0.25) is 0 Å². The molecule has 81 heavy (non-hydrogen) atoms. The molecule has 476 valence electrons. The van der Waals surface area contributed by atoms with Gasteiger partial charge in [0, 0.05) is 6.42 Å². The molecule has 0 aromatic heterocycles. The molecule has 1 amide bonds. The minimum Gasteiger partial charge on any atom is -0.394 e. The molecule has 3 aliphatic heterocycles. The van der Waals surface area contributed by atoms with Crippen LogP contribution in [0.1, 0.15) is 232 Å². The molecule has 17 unspecified atom stereocenters. The number of rotatable bonds is 48. The third-order valence-electron chi connectivity index (χ3n) is 16.3. The number of amides is 1. The Labute approximate surface area is 486 Å². The number of allylic oxidation sites excluding steroid dienone is 3. The lowest BCUT2D eigenvalue weighted by Gasteiger charge is -2.48. The zero-order valence-electron chi connectivity index (χ0n) is 49.8. The Balaban J connectivity index is 1.50. The first-order chi connectivity index (χ1) is 39.3. The zero-order valence-corrected chi connectivity index (χ0v) is 49.8. The fourth-order valence-corrected chi connectivity index (χ4v) is 11.0. The highest BCUT2D eigenvalue weighted by molar-refractivity contribution is 5.76. The quantitative estimate of drug-likeness (QED) is 0.0222. The first-order valence-electron chi connectivity index (χ1n) is 32.1. The Bertz CT molecular complexity index is 1580. The number of carbonyl (C=O) groups excluding carboxylic acids is 1. The highest BCUT2D eigenvalue weighted by Crippen LogP contribution is 2.33. The summed E-state index contributed by atoms with van der Waals surface area (Å²) in [5.41, 5.74) is 0. The van der Waals surface area contributed by atoms with Crippen molar-refractivity contribution >= 4 is 5.91 Å². The average molecular weight is 1160 g/mol. The van der Waals surface area contributed by atoms with Gasteiger partial charge in [-0.1, -0.05) is 218 Å². The van der Waals surface area contributed by atoms with E-state index in [9.17, 15) is 61.0 Å². The summed E-state index contributed by atoms with van der Waals surface area (Å²) in [4.78, 5) is 13.3. The number of nitrogens with one attached hydrogen (secondary N) is 1.